The molecule has 2 N–H and O–H groups in total. The molecule has 16 heavy (non-hydrogen) atoms. The number of amides is 1. The highest BCUT2D eigenvalue weighted by atomic mass is 16.3. The number of hydrogen-bond acceptors (Lipinski definition) is 2. The van der Waals surface area contributed by atoms with Gasteiger partial charge in [-0.3, -0.25) is 4.79 Å². The van der Waals surface area contributed by atoms with Crippen LogP contribution in [0.3, 0.4) is 0 Å². The molecule has 0 aromatic heterocycles. The summed E-state index contributed by atoms with van der Waals surface area (Å²) in [5.74, 6) is 1.79. The lowest BCUT2D eigenvalue weighted by Gasteiger charge is -2.30. The summed E-state index contributed by atoms with van der Waals surface area (Å²) in [6, 6.07) is 0.258. The lowest BCUT2D eigenvalue weighted by atomic mass is 9.85. The average molecular weight is 225 g/mol. The Bertz CT molecular complexity index is 254. The summed E-state index contributed by atoms with van der Waals surface area (Å²) in [4.78, 5) is 11.7. The van der Waals surface area contributed by atoms with Crippen LogP contribution < -0.4 is 5.32 Å². The molecular weight excluding hydrogens is 202 g/mol. The highest BCUT2D eigenvalue weighted by molar-refractivity contribution is 5.76. The summed E-state index contributed by atoms with van der Waals surface area (Å²) >= 11 is 0. The Morgan fingerprint density at radius 2 is 2.12 bits per heavy atom. The molecule has 0 radical (unpaired) electrons. The van der Waals surface area contributed by atoms with E-state index in [2.05, 4.69) is 12.2 Å². The van der Waals surface area contributed by atoms with Crippen molar-refractivity contribution in [1.29, 1.82) is 0 Å². The van der Waals surface area contributed by atoms with Gasteiger partial charge in [-0.25, -0.2) is 0 Å². The zero-order chi connectivity index (χ0) is 11.5. The first-order valence-corrected chi connectivity index (χ1v) is 6.66. The monoisotopic (exact) mass is 225 g/mol. The first kappa shape index (κ1) is 11.9. The van der Waals surface area contributed by atoms with Gasteiger partial charge in [0.1, 0.15) is 0 Å². The Balaban J connectivity index is 1.86. The van der Waals surface area contributed by atoms with Crippen LogP contribution in [0.15, 0.2) is 0 Å². The maximum atomic E-state index is 11.7. The van der Waals surface area contributed by atoms with E-state index < -0.39 is 0 Å². The fourth-order valence-corrected chi connectivity index (χ4v) is 3.49. The van der Waals surface area contributed by atoms with Gasteiger partial charge in [-0.15, -0.1) is 0 Å². The molecule has 0 saturated heterocycles. The van der Waals surface area contributed by atoms with Crippen molar-refractivity contribution >= 4 is 5.91 Å². The zero-order valence-electron chi connectivity index (χ0n) is 10.1. The van der Waals surface area contributed by atoms with Gasteiger partial charge in [0, 0.05) is 25.0 Å². The van der Waals surface area contributed by atoms with E-state index in [0.717, 1.165) is 12.8 Å². The van der Waals surface area contributed by atoms with Crippen LogP contribution >= 0.6 is 0 Å². The summed E-state index contributed by atoms with van der Waals surface area (Å²) in [6.07, 6.45) is 6.37. The number of carbonyl (C=O) groups excluding carboxylic acids is 1. The third-order valence-corrected chi connectivity index (χ3v) is 4.38. The molecule has 2 bridgehead atoms. The standard InChI is InChI=1S/C13H23NO2/c1-2-3-4-12(16)14-13-10-6-5-9(7-10)11(13)8-15/h9-11,13,15H,2-8H2,1H3,(H,14,16). The maximum Gasteiger partial charge on any atom is 0.220 e. The van der Waals surface area contributed by atoms with Gasteiger partial charge in [-0.2, -0.15) is 0 Å². The van der Waals surface area contributed by atoms with Crippen molar-refractivity contribution in [3.8, 4) is 0 Å². The van der Waals surface area contributed by atoms with Gasteiger partial charge in [0.15, 0.2) is 0 Å². The third kappa shape index (κ3) is 2.24. The van der Waals surface area contributed by atoms with E-state index >= 15 is 0 Å². The number of rotatable bonds is 5. The molecule has 92 valence electrons. The summed E-state index contributed by atoms with van der Waals surface area (Å²) in [5, 5.41) is 12.5. The van der Waals surface area contributed by atoms with Crippen molar-refractivity contribution in [3.05, 3.63) is 0 Å². The quantitative estimate of drug-likeness (QED) is 0.748. The molecule has 3 heteroatoms. The van der Waals surface area contributed by atoms with Crippen LogP contribution in [-0.4, -0.2) is 23.7 Å². The maximum absolute atomic E-state index is 11.7. The van der Waals surface area contributed by atoms with Crippen LogP contribution in [0.25, 0.3) is 0 Å². The van der Waals surface area contributed by atoms with Gasteiger partial charge in [0.2, 0.25) is 5.91 Å². The van der Waals surface area contributed by atoms with Gasteiger partial charge in [0.25, 0.3) is 0 Å². The average Bonchev–Trinajstić information content (AvgIpc) is 2.86. The number of fused-ring (bicyclic) bond motifs is 2. The number of aliphatic hydroxyl groups excluding tert-OH is 1. The number of hydrogen-bond donors (Lipinski definition) is 2. The molecule has 2 fully saturated rings. The minimum absolute atomic E-state index is 0.179. The van der Waals surface area contributed by atoms with Gasteiger partial charge >= 0.3 is 0 Å². The fraction of sp³-hybridized carbons (Fsp3) is 0.923. The van der Waals surface area contributed by atoms with E-state index in [1.807, 2.05) is 0 Å². The molecule has 0 heterocycles. The smallest absolute Gasteiger partial charge is 0.220 e. The summed E-state index contributed by atoms with van der Waals surface area (Å²) in [7, 11) is 0. The Kier molecular flexibility index (Phi) is 3.85. The number of nitrogens with one attached hydrogen (secondary N) is 1. The molecule has 0 aromatic rings. The molecular formula is C13H23NO2. The third-order valence-electron chi connectivity index (χ3n) is 4.38. The lowest BCUT2D eigenvalue weighted by molar-refractivity contribution is -0.122. The van der Waals surface area contributed by atoms with E-state index in [4.69, 9.17) is 0 Å². The number of unbranched alkanes of at least 4 members (excludes halogenated alkanes) is 1. The van der Waals surface area contributed by atoms with Crippen LogP contribution in [0.4, 0.5) is 0 Å². The summed E-state index contributed by atoms with van der Waals surface area (Å²) in [5.41, 5.74) is 0. The van der Waals surface area contributed by atoms with Crippen LogP contribution in [-0.2, 0) is 4.79 Å². The van der Waals surface area contributed by atoms with Crippen LogP contribution in [0.5, 0.6) is 0 Å². The molecule has 0 spiro atoms. The first-order chi connectivity index (χ1) is 7.76. The second kappa shape index (κ2) is 5.17. The second-order valence-electron chi connectivity index (χ2n) is 5.38. The Hall–Kier alpha value is -0.570. The summed E-state index contributed by atoms with van der Waals surface area (Å²) in [6.45, 7) is 2.33. The van der Waals surface area contributed by atoms with Crippen molar-refractivity contribution in [3.63, 3.8) is 0 Å². The predicted molar refractivity (Wildman–Crippen MR) is 62.9 cm³/mol. The second-order valence-corrected chi connectivity index (χ2v) is 5.38. The van der Waals surface area contributed by atoms with Crippen molar-refractivity contribution in [2.75, 3.05) is 6.61 Å². The highest BCUT2D eigenvalue weighted by Crippen LogP contribution is 2.48. The lowest BCUT2D eigenvalue weighted by Crippen LogP contribution is -2.45. The predicted octanol–water partition coefficient (Wildman–Crippen LogP) is 1.70. The molecule has 0 aliphatic heterocycles. The largest absolute Gasteiger partial charge is 0.396 e. The minimum Gasteiger partial charge on any atom is -0.396 e. The van der Waals surface area contributed by atoms with E-state index in [1.165, 1.54) is 19.3 Å². The molecule has 2 aliphatic rings. The van der Waals surface area contributed by atoms with Gasteiger partial charge in [-0.05, 0) is 37.5 Å². The molecule has 2 saturated carbocycles. The Labute approximate surface area is 97.6 Å². The number of carbonyl (C=O) groups is 1. The number of aliphatic hydroxyl groups is 1. The molecule has 4 atom stereocenters. The molecule has 3 nitrogen and oxygen atoms in total. The van der Waals surface area contributed by atoms with E-state index in [1.54, 1.807) is 0 Å². The minimum atomic E-state index is 0.179. The van der Waals surface area contributed by atoms with Crippen molar-refractivity contribution in [2.45, 2.75) is 51.5 Å². The van der Waals surface area contributed by atoms with Crippen molar-refractivity contribution < 1.29 is 9.90 Å². The normalized spacial score (nSPS) is 36.6. The van der Waals surface area contributed by atoms with Gasteiger partial charge in [-0.1, -0.05) is 13.3 Å². The zero-order valence-corrected chi connectivity index (χ0v) is 10.1. The fourth-order valence-electron chi connectivity index (χ4n) is 3.49. The molecule has 4 unspecified atom stereocenters. The highest BCUT2D eigenvalue weighted by Gasteiger charge is 2.47. The van der Waals surface area contributed by atoms with Crippen LogP contribution in [0, 0.1) is 17.8 Å². The van der Waals surface area contributed by atoms with Gasteiger partial charge in [0.05, 0.1) is 0 Å². The van der Waals surface area contributed by atoms with Crippen molar-refractivity contribution in [1.82, 2.24) is 5.32 Å². The van der Waals surface area contributed by atoms with Crippen LogP contribution in [0.1, 0.15) is 45.4 Å². The molecule has 2 aliphatic carbocycles. The van der Waals surface area contributed by atoms with Gasteiger partial charge < -0.3 is 10.4 Å². The summed E-state index contributed by atoms with van der Waals surface area (Å²) < 4.78 is 0. The van der Waals surface area contributed by atoms with Crippen molar-refractivity contribution in [2.24, 2.45) is 17.8 Å². The van der Waals surface area contributed by atoms with E-state index in [0.29, 0.717) is 24.2 Å². The Morgan fingerprint density at radius 3 is 2.81 bits per heavy atom. The molecule has 2 rings (SSSR count). The van der Waals surface area contributed by atoms with Crippen LogP contribution in [0.2, 0.25) is 0 Å². The molecule has 0 aromatic carbocycles. The first-order valence-electron chi connectivity index (χ1n) is 6.66. The Morgan fingerprint density at radius 1 is 1.38 bits per heavy atom. The molecule has 1 amide bonds. The van der Waals surface area contributed by atoms with E-state index in [-0.39, 0.29) is 18.6 Å². The topological polar surface area (TPSA) is 49.3 Å². The SMILES string of the molecule is CCCCC(=O)NC1C2CCC(C2)C1CO. The van der Waals surface area contributed by atoms with E-state index in [9.17, 15) is 9.90 Å².